The largest absolute Gasteiger partial charge is 0.368 e. The third kappa shape index (κ3) is 5.20. The van der Waals surface area contributed by atoms with Gasteiger partial charge >= 0.3 is 0 Å². The van der Waals surface area contributed by atoms with Gasteiger partial charge < -0.3 is 9.80 Å². The second-order valence-corrected chi connectivity index (χ2v) is 9.81. The zero-order valence-corrected chi connectivity index (χ0v) is 18.6. The summed E-state index contributed by atoms with van der Waals surface area (Å²) in [5.74, 6) is -0.251. The summed E-state index contributed by atoms with van der Waals surface area (Å²) in [4.78, 5) is 27.5. The molecule has 1 aliphatic rings. The normalized spacial score (nSPS) is 14.2. The first-order valence-corrected chi connectivity index (χ1v) is 12.1. The SMILES string of the molecule is O=C(c1ccc(CS(=O)(=O)c2ccccc2)cc1)N1CCN(c2cccc([N+](=O)[O-])c2)CC1. The minimum absolute atomic E-state index is 0.0420. The van der Waals surface area contributed by atoms with Gasteiger partial charge in [0.1, 0.15) is 0 Å². The first-order chi connectivity index (χ1) is 15.8. The molecule has 33 heavy (non-hydrogen) atoms. The van der Waals surface area contributed by atoms with Crippen molar-refractivity contribution in [1.29, 1.82) is 0 Å². The van der Waals surface area contributed by atoms with Gasteiger partial charge in [-0.05, 0) is 35.9 Å². The fourth-order valence-electron chi connectivity index (χ4n) is 3.83. The average molecular weight is 466 g/mol. The molecule has 3 aromatic rings. The maximum atomic E-state index is 12.9. The number of carbonyl (C=O) groups is 1. The number of non-ortho nitro benzene ring substituents is 1. The van der Waals surface area contributed by atoms with Crippen LogP contribution in [0.15, 0.2) is 83.8 Å². The van der Waals surface area contributed by atoms with Gasteiger partial charge in [0.2, 0.25) is 0 Å². The van der Waals surface area contributed by atoms with E-state index >= 15 is 0 Å². The Bertz CT molecular complexity index is 1250. The highest BCUT2D eigenvalue weighted by Gasteiger charge is 2.23. The predicted octanol–water partition coefficient (Wildman–Crippen LogP) is 3.53. The van der Waals surface area contributed by atoms with Crippen molar-refractivity contribution in [3.63, 3.8) is 0 Å². The van der Waals surface area contributed by atoms with E-state index < -0.39 is 14.8 Å². The maximum absolute atomic E-state index is 12.9. The standard InChI is InChI=1S/C24H23N3O5S/c28-24(26-15-13-25(14-16-26)21-5-4-6-22(17-21)27(29)30)20-11-9-19(10-12-20)18-33(31,32)23-7-2-1-3-8-23/h1-12,17H,13-16,18H2. The molecule has 4 rings (SSSR count). The number of rotatable bonds is 6. The van der Waals surface area contributed by atoms with Gasteiger partial charge in [-0.1, -0.05) is 36.4 Å². The van der Waals surface area contributed by atoms with Crippen molar-refractivity contribution in [2.75, 3.05) is 31.1 Å². The lowest BCUT2D eigenvalue weighted by molar-refractivity contribution is -0.384. The van der Waals surface area contributed by atoms with Gasteiger partial charge in [0.05, 0.1) is 15.6 Å². The summed E-state index contributed by atoms with van der Waals surface area (Å²) in [6.07, 6.45) is 0. The van der Waals surface area contributed by atoms with Gasteiger partial charge in [-0.3, -0.25) is 14.9 Å². The Morgan fingerprint density at radius 1 is 0.879 bits per heavy atom. The number of carbonyl (C=O) groups excluding carboxylic acids is 1. The molecule has 0 unspecified atom stereocenters. The van der Waals surface area contributed by atoms with Crippen LogP contribution in [0, 0.1) is 10.1 Å². The Kier molecular flexibility index (Phi) is 6.41. The first-order valence-electron chi connectivity index (χ1n) is 10.5. The molecule has 1 saturated heterocycles. The summed E-state index contributed by atoms with van der Waals surface area (Å²) in [6.45, 7) is 2.12. The molecule has 8 nitrogen and oxygen atoms in total. The molecule has 1 fully saturated rings. The molecule has 0 aliphatic carbocycles. The fourth-order valence-corrected chi connectivity index (χ4v) is 5.20. The summed E-state index contributed by atoms with van der Waals surface area (Å²) in [5, 5.41) is 11.0. The van der Waals surface area contributed by atoms with Crippen LogP contribution in [0.25, 0.3) is 0 Å². The molecule has 0 radical (unpaired) electrons. The van der Waals surface area contributed by atoms with E-state index in [1.807, 2.05) is 11.0 Å². The van der Waals surface area contributed by atoms with E-state index in [2.05, 4.69) is 0 Å². The van der Waals surface area contributed by atoms with Gasteiger partial charge in [-0.25, -0.2) is 8.42 Å². The first kappa shape index (κ1) is 22.5. The Morgan fingerprint density at radius 2 is 1.55 bits per heavy atom. The monoisotopic (exact) mass is 465 g/mol. The molecule has 9 heteroatoms. The van der Waals surface area contributed by atoms with Crippen molar-refractivity contribution in [1.82, 2.24) is 4.90 Å². The van der Waals surface area contributed by atoms with Crippen LogP contribution >= 0.6 is 0 Å². The molecule has 1 aliphatic heterocycles. The Hall–Kier alpha value is -3.72. The number of anilines is 1. The third-order valence-electron chi connectivity index (χ3n) is 5.63. The van der Waals surface area contributed by atoms with Gasteiger partial charge in [-0.15, -0.1) is 0 Å². The summed E-state index contributed by atoms with van der Waals surface area (Å²) >= 11 is 0. The van der Waals surface area contributed by atoms with Gasteiger partial charge in [-0.2, -0.15) is 0 Å². The van der Waals surface area contributed by atoms with Gasteiger partial charge in [0.25, 0.3) is 11.6 Å². The topological polar surface area (TPSA) is 101 Å². The van der Waals surface area contributed by atoms with Crippen molar-refractivity contribution in [2.24, 2.45) is 0 Å². The van der Waals surface area contributed by atoms with Crippen molar-refractivity contribution in [3.8, 4) is 0 Å². The Balaban J connectivity index is 1.37. The maximum Gasteiger partial charge on any atom is 0.271 e. The number of hydrogen-bond acceptors (Lipinski definition) is 6. The molecule has 0 N–H and O–H groups in total. The van der Waals surface area contributed by atoms with E-state index in [-0.39, 0.29) is 22.2 Å². The molecule has 0 atom stereocenters. The summed E-state index contributed by atoms with van der Waals surface area (Å²) in [7, 11) is -3.45. The molecular weight excluding hydrogens is 442 g/mol. The second kappa shape index (κ2) is 9.41. The summed E-state index contributed by atoms with van der Waals surface area (Å²) < 4.78 is 25.1. The number of hydrogen-bond donors (Lipinski definition) is 0. The van der Waals surface area contributed by atoms with E-state index in [4.69, 9.17) is 0 Å². The van der Waals surface area contributed by atoms with Crippen LogP contribution < -0.4 is 4.90 Å². The van der Waals surface area contributed by atoms with E-state index in [1.54, 1.807) is 71.6 Å². The highest BCUT2D eigenvalue weighted by Crippen LogP contribution is 2.23. The minimum Gasteiger partial charge on any atom is -0.368 e. The smallest absolute Gasteiger partial charge is 0.271 e. The molecule has 170 valence electrons. The number of piperazine rings is 1. The highest BCUT2D eigenvalue weighted by atomic mass is 32.2. The van der Waals surface area contributed by atoms with Crippen molar-refractivity contribution >= 4 is 27.1 Å². The molecule has 0 spiro atoms. The van der Waals surface area contributed by atoms with Crippen molar-refractivity contribution in [3.05, 3.63) is 100 Å². The number of sulfone groups is 1. The van der Waals surface area contributed by atoms with Crippen molar-refractivity contribution in [2.45, 2.75) is 10.6 Å². The molecule has 0 bridgehead atoms. The van der Waals surface area contributed by atoms with Crippen LogP contribution in [0.3, 0.4) is 0 Å². The van der Waals surface area contributed by atoms with E-state index in [9.17, 15) is 23.3 Å². The van der Waals surface area contributed by atoms with E-state index in [0.717, 1.165) is 5.69 Å². The fraction of sp³-hybridized carbons (Fsp3) is 0.208. The quantitative estimate of drug-likeness (QED) is 0.408. The van der Waals surface area contributed by atoms with E-state index in [0.29, 0.717) is 37.3 Å². The summed E-state index contributed by atoms with van der Waals surface area (Å²) in [6, 6.07) is 21.4. The zero-order valence-electron chi connectivity index (χ0n) is 17.8. The van der Waals surface area contributed by atoms with Crippen LogP contribution in [0.1, 0.15) is 15.9 Å². The third-order valence-corrected chi connectivity index (χ3v) is 7.34. The van der Waals surface area contributed by atoms with Crippen LogP contribution in [0.2, 0.25) is 0 Å². The molecule has 3 aromatic carbocycles. The number of benzene rings is 3. The lowest BCUT2D eigenvalue weighted by Gasteiger charge is -2.36. The Morgan fingerprint density at radius 3 is 2.18 bits per heavy atom. The molecule has 0 saturated carbocycles. The Labute approximate surface area is 192 Å². The van der Waals surface area contributed by atoms with E-state index in [1.165, 1.54) is 6.07 Å². The lowest BCUT2D eigenvalue weighted by atomic mass is 10.1. The molecule has 0 aromatic heterocycles. The van der Waals surface area contributed by atoms with Gasteiger partial charge in [0.15, 0.2) is 9.84 Å². The summed E-state index contributed by atoms with van der Waals surface area (Å²) in [5.41, 5.74) is 1.92. The lowest BCUT2D eigenvalue weighted by Crippen LogP contribution is -2.48. The molecule has 1 heterocycles. The minimum atomic E-state index is -3.45. The molecular formula is C24H23N3O5S. The number of nitrogens with zero attached hydrogens (tertiary/aromatic N) is 3. The van der Waals surface area contributed by atoms with Crippen LogP contribution in [0.4, 0.5) is 11.4 Å². The van der Waals surface area contributed by atoms with Crippen LogP contribution in [-0.4, -0.2) is 50.3 Å². The van der Waals surface area contributed by atoms with Crippen LogP contribution in [0.5, 0.6) is 0 Å². The number of nitro benzene ring substituents is 1. The van der Waals surface area contributed by atoms with Crippen LogP contribution in [-0.2, 0) is 15.6 Å². The predicted molar refractivity (Wildman–Crippen MR) is 125 cm³/mol. The second-order valence-electron chi connectivity index (χ2n) is 7.83. The zero-order chi connectivity index (χ0) is 23.4. The number of amides is 1. The number of nitro groups is 1. The average Bonchev–Trinajstić information content (AvgIpc) is 2.84. The molecule has 1 amide bonds. The van der Waals surface area contributed by atoms with Gasteiger partial charge in [0, 0.05) is 49.6 Å². The van der Waals surface area contributed by atoms with Crippen molar-refractivity contribution < 1.29 is 18.1 Å². The highest BCUT2D eigenvalue weighted by molar-refractivity contribution is 7.90.